The summed E-state index contributed by atoms with van der Waals surface area (Å²) in [6, 6.07) is -0.000000000000000444. The topological polar surface area (TPSA) is 72.2 Å². The molecular formula is C3H9ClN2O2S. The number of nitrogens with two attached hydrogens (primary N) is 1. The van der Waals surface area contributed by atoms with Gasteiger partial charge in [0.15, 0.2) is 9.84 Å². The maximum Gasteiger partial charge on any atom is 0.153 e. The molecule has 0 saturated carbocycles. The number of hydrogen-bond acceptors (Lipinski definition) is 4. The molecule has 0 aromatic rings. The smallest absolute Gasteiger partial charge is 0.153 e. The number of nitrogens with one attached hydrogen (secondary N) is 1. The van der Waals surface area contributed by atoms with Crippen molar-refractivity contribution in [3.8, 4) is 0 Å². The van der Waals surface area contributed by atoms with Crippen molar-refractivity contribution in [2.75, 3.05) is 11.5 Å². The van der Waals surface area contributed by atoms with Crippen molar-refractivity contribution in [3.63, 3.8) is 0 Å². The molecule has 0 aromatic heterocycles. The third-order valence-corrected chi connectivity index (χ3v) is 2.97. The summed E-state index contributed by atoms with van der Waals surface area (Å²) in [7, 11) is -2.69. The van der Waals surface area contributed by atoms with Crippen LogP contribution in [0.2, 0.25) is 0 Å². The molecule has 0 atom stereocenters. The number of hydrazine groups is 1. The van der Waals surface area contributed by atoms with Gasteiger partial charge in [-0.1, -0.05) is 0 Å². The van der Waals surface area contributed by atoms with Crippen LogP contribution in [0.1, 0.15) is 0 Å². The molecule has 9 heavy (non-hydrogen) atoms. The van der Waals surface area contributed by atoms with E-state index >= 15 is 0 Å². The standard InChI is InChI=1S/C3H8N2O2S.ClH/c4-5-3-1-8(6,7)2-3;/h3,5H,1-2,4H2;1H. The predicted octanol–water partition coefficient (Wildman–Crippen LogP) is -1.33. The van der Waals surface area contributed by atoms with E-state index in [2.05, 4.69) is 5.43 Å². The second-order valence-corrected chi connectivity index (χ2v) is 4.09. The molecule has 0 bridgehead atoms. The molecule has 56 valence electrons. The summed E-state index contributed by atoms with van der Waals surface area (Å²) in [6.45, 7) is 0. The van der Waals surface area contributed by atoms with E-state index in [0.29, 0.717) is 0 Å². The fourth-order valence-corrected chi connectivity index (χ4v) is 1.98. The highest BCUT2D eigenvalue weighted by molar-refractivity contribution is 7.92. The summed E-state index contributed by atoms with van der Waals surface area (Å²) in [5.41, 5.74) is 2.38. The zero-order chi connectivity index (χ0) is 6.20. The molecule has 1 heterocycles. The SMILES string of the molecule is Cl.NNC1CS(=O)(=O)C1. The largest absolute Gasteiger partial charge is 0.271 e. The van der Waals surface area contributed by atoms with Gasteiger partial charge in [-0.2, -0.15) is 0 Å². The van der Waals surface area contributed by atoms with Crippen LogP contribution < -0.4 is 11.3 Å². The molecule has 0 amide bonds. The third-order valence-electron chi connectivity index (χ3n) is 1.15. The average molecular weight is 173 g/mol. The molecule has 1 aliphatic rings. The van der Waals surface area contributed by atoms with Gasteiger partial charge >= 0.3 is 0 Å². The molecular weight excluding hydrogens is 164 g/mol. The maximum absolute atomic E-state index is 10.4. The Bertz CT molecular complexity index is 166. The Balaban J connectivity index is 0.000000640. The van der Waals surface area contributed by atoms with Gasteiger partial charge in [-0.25, -0.2) is 8.42 Å². The molecule has 6 heteroatoms. The zero-order valence-electron chi connectivity index (χ0n) is 4.70. The normalized spacial score (nSPS) is 24.1. The van der Waals surface area contributed by atoms with Crippen LogP contribution in [-0.4, -0.2) is 26.0 Å². The predicted molar refractivity (Wildman–Crippen MR) is 37.0 cm³/mol. The molecule has 1 aliphatic heterocycles. The van der Waals surface area contributed by atoms with E-state index < -0.39 is 9.84 Å². The summed E-state index contributed by atoms with van der Waals surface area (Å²) in [4.78, 5) is 0. The van der Waals surface area contributed by atoms with Gasteiger partial charge in [-0.3, -0.25) is 11.3 Å². The van der Waals surface area contributed by atoms with E-state index in [1.54, 1.807) is 0 Å². The van der Waals surface area contributed by atoms with Crippen LogP contribution in [0.3, 0.4) is 0 Å². The highest BCUT2D eigenvalue weighted by Crippen LogP contribution is 2.07. The van der Waals surface area contributed by atoms with Gasteiger partial charge in [0.2, 0.25) is 0 Å². The van der Waals surface area contributed by atoms with E-state index in [-0.39, 0.29) is 30.0 Å². The first-order valence-corrected chi connectivity index (χ1v) is 4.13. The second-order valence-electron chi connectivity index (χ2n) is 1.94. The molecule has 3 N–H and O–H groups in total. The van der Waals surface area contributed by atoms with Crippen LogP contribution in [-0.2, 0) is 9.84 Å². The van der Waals surface area contributed by atoms with Gasteiger partial charge in [0.1, 0.15) is 0 Å². The Morgan fingerprint density at radius 2 is 1.89 bits per heavy atom. The molecule has 0 radical (unpaired) electrons. The minimum Gasteiger partial charge on any atom is -0.271 e. The minimum atomic E-state index is -2.69. The number of hydrogen-bond donors (Lipinski definition) is 2. The van der Waals surface area contributed by atoms with Crippen molar-refractivity contribution in [2.24, 2.45) is 5.84 Å². The summed E-state index contributed by atoms with van der Waals surface area (Å²) in [5.74, 6) is 5.34. The van der Waals surface area contributed by atoms with Crippen LogP contribution in [0.15, 0.2) is 0 Å². The van der Waals surface area contributed by atoms with E-state index in [9.17, 15) is 8.42 Å². The molecule has 1 fully saturated rings. The van der Waals surface area contributed by atoms with E-state index in [0.717, 1.165) is 0 Å². The van der Waals surface area contributed by atoms with Gasteiger partial charge in [-0.15, -0.1) is 12.4 Å². The Hall–Kier alpha value is 0.160. The van der Waals surface area contributed by atoms with E-state index in [1.165, 1.54) is 0 Å². The highest BCUT2D eigenvalue weighted by atomic mass is 35.5. The number of sulfone groups is 1. The summed E-state index contributed by atoms with van der Waals surface area (Å²) in [5, 5.41) is 0. The summed E-state index contributed by atoms with van der Waals surface area (Å²) >= 11 is 0. The monoisotopic (exact) mass is 172 g/mol. The maximum atomic E-state index is 10.4. The lowest BCUT2D eigenvalue weighted by Crippen LogP contribution is -2.53. The summed E-state index contributed by atoms with van der Waals surface area (Å²) in [6.07, 6.45) is 0. The van der Waals surface area contributed by atoms with Crippen LogP contribution in [0, 0.1) is 0 Å². The van der Waals surface area contributed by atoms with Crippen molar-refractivity contribution in [3.05, 3.63) is 0 Å². The Morgan fingerprint density at radius 1 is 1.44 bits per heavy atom. The average Bonchev–Trinajstić information content (AvgIpc) is 1.60. The van der Waals surface area contributed by atoms with Crippen molar-refractivity contribution in [1.29, 1.82) is 0 Å². The first kappa shape index (κ1) is 9.16. The molecule has 0 unspecified atom stereocenters. The van der Waals surface area contributed by atoms with Gasteiger partial charge in [-0.05, 0) is 0 Å². The molecule has 0 spiro atoms. The van der Waals surface area contributed by atoms with Crippen molar-refractivity contribution >= 4 is 22.2 Å². The Labute approximate surface area is 60.1 Å². The van der Waals surface area contributed by atoms with E-state index in [1.807, 2.05) is 0 Å². The second kappa shape index (κ2) is 2.83. The van der Waals surface area contributed by atoms with Crippen LogP contribution in [0.25, 0.3) is 0 Å². The highest BCUT2D eigenvalue weighted by Gasteiger charge is 2.31. The summed E-state index contributed by atoms with van der Waals surface area (Å²) < 4.78 is 20.7. The fourth-order valence-electron chi connectivity index (χ4n) is 0.660. The lowest BCUT2D eigenvalue weighted by Gasteiger charge is -2.23. The number of rotatable bonds is 1. The van der Waals surface area contributed by atoms with Gasteiger partial charge in [0, 0.05) is 6.04 Å². The van der Waals surface area contributed by atoms with Gasteiger partial charge in [0.05, 0.1) is 11.5 Å². The lowest BCUT2D eigenvalue weighted by atomic mass is 10.4. The van der Waals surface area contributed by atoms with Crippen LogP contribution in [0.4, 0.5) is 0 Å². The fraction of sp³-hybridized carbons (Fsp3) is 1.00. The zero-order valence-corrected chi connectivity index (χ0v) is 6.33. The Kier molecular flexibility index (Phi) is 2.88. The molecule has 0 aromatic carbocycles. The van der Waals surface area contributed by atoms with Gasteiger partial charge in [0.25, 0.3) is 0 Å². The molecule has 1 rings (SSSR count). The van der Waals surface area contributed by atoms with E-state index in [4.69, 9.17) is 5.84 Å². The van der Waals surface area contributed by atoms with Crippen molar-refractivity contribution in [2.45, 2.75) is 6.04 Å². The van der Waals surface area contributed by atoms with Gasteiger partial charge < -0.3 is 0 Å². The molecule has 0 aliphatic carbocycles. The molecule has 1 saturated heterocycles. The quantitative estimate of drug-likeness (QED) is 0.380. The first-order valence-electron chi connectivity index (χ1n) is 2.30. The lowest BCUT2D eigenvalue weighted by molar-refractivity contribution is 0.522. The Morgan fingerprint density at radius 3 is 2.00 bits per heavy atom. The van der Waals surface area contributed by atoms with Crippen molar-refractivity contribution < 1.29 is 8.42 Å². The van der Waals surface area contributed by atoms with Crippen LogP contribution in [0.5, 0.6) is 0 Å². The third kappa shape index (κ3) is 2.09. The molecule has 4 nitrogen and oxygen atoms in total. The number of halogens is 1. The minimum absolute atomic E-state index is 0. The van der Waals surface area contributed by atoms with Crippen LogP contribution >= 0.6 is 12.4 Å². The first-order chi connectivity index (χ1) is 3.64. The van der Waals surface area contributed by atoms with Crippen molar-refractivity contribution in [1.82, 2.24) is 5.43 Å².